The first kappa shape index (κ1) is 18.1. The second-order valence-electron chi connectivity index (χ2n) is 5.05. The van der Waals surface area contributed by atoms with Crippen molar-refractivity contribution in [3.63, 3.8) is 0 Å². The summed E-state index contributed by atoms with van der Waals surface area (Å²) in [6.07, 6.45) is -0.751. The second kappa shape index (κ2) is 8.48. The first-order chi connectivity index (χ1) is 10.1. The third kappa shape index (κ3) is 5.11. The number of nitrogens with zero attached hydrogens (tertiary/aromatic N) is 2. The number of non-ortho nitro benzene ring substituents is 1. The Morgan fingerprint density at radius 2 is 1.86 bits per heavy atom. The lowest BCUT2D eigenvalue weighted by Gasteiger charge is -2.20. The van der Waals surface area contributed by atoms with Crippen LogP contribution in [0.2, 0.25) is 0 Å². The number of nitro benzene ring substituents is 1. The van der Waals surface area contributed by atoms with Crippen LogP contribution in [0.25, 0.3) is 0 Å². The molecule has 0 spiro atoms. The lowest BCUT2D eigenvalue weighted by Crippen LogP contribution is -2.24. The van der Waals surface area contributed by atoms with Gasteiger partial charge in [0.1, 0.15) is 0 Å². The average molecular weight is 323 g/mol. The third-order valence-electron chi connectivity index (χ3n) is 3.25. The van der Waals surface area contributed by atoms with Gasteiger partial charge in [-0.15, -0.1) is 12.4 Å². The van der Waals surface area contributed by atoms with E-state index in [4.69, 9.17) is 0 Å². The normalized spacial score (nSPS) is 11.8. The molecule has 0 saturated heterocycles. The molecule has 2 rings (SSSR count). The predicted octanol–water partition coefficient (Wildman–Crippen LogP) is 3.18. The average Bonchev–Trinajstić information content (AvgIpc) is 2.48. The molecule has 0 saturated carbocycles. The Bertz CT molecular complexity index is 607. The topological polar surface area (TPSA) is 66.6 Å². The van der Waals surface area contributed by atoms with Crippen LogP contribution < -0.4 is 0 Å². The Balaban J connectivity index is 0.00000242. The zero-order valence-electron chi connectivity index (χ0n) is 12.3. The molecule has 0 amide bonds. The van der Waals surface area contributed by atoms with Crippen molar-refractivity contribution in [1.29, 1.82) is 0 Å². The highest BCUT2D eigenvalue weighted by Gasteiger charge is 2.14. The highest BCUT2D eigenvalue weighted by atomic mass is 35.5. The van der Waals surface area contributed by atoms with Crippen LogP contribution in [0.1, 0.15) is 17.2 Å². The number of hydrogen-bond acceptors (Lipinski definition) is 4. The molecule has 0 aromatic heterocycles. The summed E-state index contributed by atoms with van der Waals surface area (Å²) in [6.45, 7) is 1.13. The summed E-state index contributed by atoms with van der Waals surface area (Å²) in [5, 5.41) is 21.0. The minimum atomic E-state index is -0.751. The largest absolute Gasteiger partial charge is 0.387 e. The second-order valence-corrected chi connectivity index (χ2v) is 5.05. The van der Waals surface area contributed by atoms with Gasteiger partial charge < -0.3 is 5.11 Å². The monoisotopic (exact) mass is 322 g/mol. The third-order valence-corrected chi connectivity index (χ3v) is 3.25. The van der Waals surface area contributed by atoms with Crippen LogP contribution >= 0.6 is 12.4 Å². The lowest BCUT2D eigenvalue weighted by molar-refractivity contribution is -0.385. The van der Waals surface area contributed by atoms with Crippen LogP contribution in [0.3, 0.4) is 0 Å². The summed E-state index contributed by atoms with van der Waals surface area (Å²) in [5.41, 5.74) is 1.72. The fourth-order valence-electron chi connectivity index (χ4n) is 2.21. The van der Waals surface area contributed by atoms with Crippen molar-refractivity contribution < 1.29 is 10.0 Å². The number of likely N-dealkylation sites (N-methyl/N-ethyl adjacent to an activating group) is 1. The smallest absolute Gasteiger partial charge is 0.269 e. The van der Waals surface area contributed by atoms with Gasteiger partial charge in [-0.3, -0.25) is 15.0 Å². The van der Waals surface area contributed by atoms with Gasteiger partial charge in [-0.1, -0.05) is 42.5 Å². The van der Waals surface area contributed by atoms with E-state index in [-0.39, 0.29) is 18.1 Å². The standard InChI is InChI=1S/C16H18N2O3.ClH/c1-17(11-13-6-3-2-4-7-13)12-16(19)14-8-5-9-15(10-14)18(20)21;/h2-10,16,19H,11-12H2,1H3;1H. The summed E-state index contributed by atoms with van der Waals surface area (Å²) in [4.78, 5) is 12.3. The Labute approximate surface area is 135 Å². The highest BCUT2D eigenvalue weighted by molar-refractivity contribution is 5.85. The van der Waals surface area contributed by atoms with E-state index in [2.05, 4.69) is 0 Å². The summed E-state index contributed by atoms with van der Waals surface area (Å²) in [7, 11) is 1.91. The van der Waals surface area contributed by atoms with Gasteiger partial charge in [-0.05, 0) is 18.2 Å². The molecule has 2 aromatic rings. The van der Waals surface area contributed by atoms with Crippen LogP contribution in [-0.4, -0.2) is 28.5 Å². The van der Waals surface area contributed by atoms with E-state index in [0.717, 1.165) is 5.56 Å². The lowest BCUT2D eigenvalue weighted by atomic mass is 10.1. The zero-order chi connectivity index (χ0) is 15.2. The van der Waals surface area contributed by atoms with Crippen molar-refractivity contribution in [3.8, 4) is 0 Å². The number of halogens is 1. The van der Waals surface area contributed by atoms with Crippen molar-refractivity contribution in [2.75, 3.05) is 13.6 Å². The summed E-state index contributed by atoms with van der Waals surface area (Å²) in [5.74, 6) is 0. The Morgan fingerprint density at radius 3 is 2.50 bits per heavy atom. The quantitative estimate of drug-likeness (QED) is 0.655. The van der Waals surface area contributed by atoms with E-state index in [9.17, 15) is 15.2 Å². The van der Waals surface area contributed by atoms with Gasteiger partial charge >= 0.3 is 0 Å². The van der Waals surface area contributed by atoms with Gasteiger partial charge in [0, 0.05) is 25.2 Å². The SMILES string of the molecule is CN(Cc1ccccc1)CC(O)c1cccc([N+](=O)[O-])c1.Cl. The zero-order valence-corrected chi connectivity index (χ0v) is 13.1. The van der Waals surface area contributed by atoms with Crippen LogP contribution in [0, 0.1) is 10.1 Å². The number of hydrogen-bond donors (Lipinski definition) is 1. The molecule has 118 valence electrons. The molecule has 0 heterocycles. The minimum Gasteiger partial charge on any atom is -0.387 e. The molecule has 6 heteroatoms. The molecule has 0 radical (unpaired) electrons. The maximum atomic E-state index is 10.8. The predicted molar refractivity (Wildman–Crippen MR) is 88.1 cm³/mol. The van der Waals surface area contributed by atoms with Crippen molar-refractivity contribution in [1.82, 2.24) is 4.90 Å². The number of aliphatic hydroxyl groups excluding tert-OH is 1. The van der Waals surface area contributed by atoms with Crippen molar-refractivity contribution in [2.24, 2.45) is 0 Å². The maximum Gasteiger partial charge on any atom is 0.269 e. The van der Waals surface area contributed by atoms with E-state index in [1.165, 1.54) is 12.1 Å². The van der Waals surface area contributed by atoms with Crippen LogP contribution in [0.15, 0.2) is 54.6 Å². The van der Waals surface area contributed by atoms with E-state index < -0.39 is 11.0 Å². The van der Waals surface area contributed by atoms with Gasteiger partial charge in [-0.2, -0.15) is 0 Å². The Hall–Kier alpha value is -1.95. The molecule has 1 N–H and O–H groups in total. The van der Waals surface area contributed by atoms with Gasteiger partial charge in [0.25, 0.3) is 5.69 Å². The molecule has 0 aliphatic rings. The first-order valence-electron chi connectivity index (χ1n) is 6.71. The molecule has 1 atom stereocenters. The van der Waals surface area contributed by atoms with Gasteiger partial charge in [0.15, 0.2) is 0 Å². The van der Waals surface area contributed by atoms with Gasteiger partial charge in [0.2, 0.25) is 0 Å². The number of benzene rings is 2. The number of aliphatic hydroxyl groups is 1. The highest BCUT2D eigenvalue weighted by Crippen LogP contribution is 2.20. The van der Waals surface area contributed by atoms with E-state index in [1.807, 2.05) is 42.3 Å². The van der Waals surface area contributed by atoms with Crippen LogP contribution in [0.4, 0.5) is 5.69 Å². The van der Waals surface area contributed by atoms with Crippen molar-refractivity contribution >= 4 is 18.1 Å². The molecule has 0 bridgehead atoms. The molecule has 0 fully saturated rings. The molecule has 0 aliphatic carbocycles. The summed E-state index contributed by atoms with van der Waals surface area (Å²) >= 11 is 0. The number of rotatable bonds is 6. The van der Waals surface area contributed by atoms with Gasteiger partial charge in [-0.25, -0.2) is 0 Å². The molecular formula is C16H19ClN2O3. The fraction of sp³-hybridized carbons (Fsp3) is 0.250. The molecule has 1 unspecified atom stereocenters. The Kier molecular flexibility index (Phi) is 6.98. The molecule has 22 heavy (non-hydrogen) atoms. The van der Waals surface area contributed by atoms with Crippen molar-refractivity contribution in [2.45, 2.75) is 12.6 Å². The van der Waals surface area contributed by atoms with Gasteiger partial charge in [0.05, 0.1) is 11.0 Å². The van der Waals surface area contributed by atoms with E-state index >= 15 is 0 Å². The number of nitro groups is 1. The summed E-state index contributed by atoms with van der Waals surface area (Å²) < 4.78 is 0. The van der Waals surface area contributed by atoms with Crippen molar-refractivity contribution in [3.05, 3.63) is 75.8 Å². The summed E-state index contributed by atoms with van der Waals surface area (Å²) in [6, 6.07) is 16.1. The minimum absolute atomic E-state index is 0. The molecule has 5 nitrogen and oxygen atoms in total. The molecular weight excluding hydrogens is 304 g/mol. The molecule has 0 aliphatic heterocycles. The Morgan fingerprint density at radius 1 is 1.18 bits per heavy atom. The maximum absolute atomic E-state index is 10.8. The fourth-order valence-corrected chi connectivity index (χ4v) is 2.21. The molecule has 2 aromatic carbocycles. The van der Waals surface area contributed by atoms with E-state index in [0.29, 0.717) is 18.7 Å². The van der Waals surface area contributed by atoms with Crippen LogP contribution in [-0.2, 0) is 6.54 Å². The van der Waals surface area contributed by atoms with E-state index in [1.54, 1.807) is 12.1 Å². The van der Waals surface area contributed by atoms with Crippen LogP contribution in [0.5, 0.6) is 0 Å². The first-order valence-corrected chi connectivity index (χ1v) is 6.71.